The van der Waals surface area contributed by atoms with Crippen LogP contribution < -0.4 is 0 Å². The van der Waals surface area contributed by atoms with E-state index < -0.39 is 5.97 Å². The van der Waals surface area contributed by atoms with Crippen LogP contribution in [0.3, 0.4) is 0 Å². The van der Waals surface area contributed by atoms with E-state index in [0.717, 1.165) is 37.7 Å². The lowest BCUT2D eigenvalue weighted by Gasteiger charge is -2.16. The third-order valence-corrected chi connectivity index (χ3v) is 7.37. The topological polar surface area (TPSA) is 72.8 Å². The number of hydrogen-bond acceptors (Lipinski definition) is 4. The largest absolute Gasteiger partial charge is 0.490 e. The molecule has 236 valence electrons. The van der Waals surface area contributed by atoms with Gasteiger partial charge in [0.1, 0.15) is 6.10 Å². The first-order valence-corrected chi connectivity index (χ1v) is 16.7. The molecule has 1 aromatic carbocycles. The second-order valence-electron chi connectivity index (χ2n) is 11.1. The number of carboxylic acid groups (broad SMARTS) is 1. The summed E-state index contributed by atoms with van der Waals surface area (Å²) in [5.41, 5.74) is 0.922. The second-order valence-corrected chi connectivity index (χ2v) is 11.1. The molecule has 0 saturated heterocycles. The lowest BCUT2D eigenvalue weighted by Crippen LogP contribution is -2.19. The molecule has 0 aromatic heterocycles. The molecule has 41 heavy (non-hydrogen) atoms. The van der Waals surface area contributed by atoms with Crippen molar-refractivity contribution in [3.8, 4) is 0 Å². The fraction of sp³-hybridized carbons (Fsp3) is 0.722. The van der Waals surface area contributed by atoms with Gasteiger partial charge in [0.25, 0.3) is 0 Å². The van der Waals surface area contributed by atoms with Crippen LogP contribution in [0, 0.1) is 0 Å². The van der Waals surface area contributed by atoms with Gasteiger partial charge in [0.05, 0.1) is 7.11 Å². The molecule has 0 fully saturated rings. The highest BCUT2D eigenvalue weighted by Gasteiger charge is 2.17. The molecule has 1 rings (SSSR count). The Bertz CT molecular complexity index is 758. The molecule has 0 aliphatic heterocycles. The number of benzene rings is 1. The minimum atomic E-state index is -0.653. The molecule has 1 N–H and O–H groups in total. The van der Waals surface area contributed by atoms with Crippen molar-refractivity contribution >= 4 is 18.0 Å². The molecule has 0 saturated carbocycles. The lowest BCUT2D eigenvalue weighted by atomic mass is 10.0. The van der Waals surface area contributed by atoms with Gasteiger partial charge in [-0.15, -0.1) is 0 Å². The van der Waals surface area contributed by atoms with Crippen LogP contribution in [-0.2, 0) is 19.1 Å². The third-order valence-electron chi connectivity index (χ3n) is 7.37. The molecule has 5 heteroatoms. The lowest BCUT2D eigenvalue weighted by molar-refractivity contribution is -0.148. The number of ether oxygens (including phenoxy) is 2. The molecule has 0 heterocycles. The van der Waals surface area contributed by atoms with Gasteiger partial charge in [-0.3, -0.25) is 4.79 Å². The standard InChI is InChI=1S/C18H26O3.C18H36O2/c1-4-6-8-13-16(5-2)21-18(19)17(20-3)14-15-11-9-7-10-12-15;1-2-3-4-5-6-7-8-9-10-11-12-13-14-15-16-17-18(19)20/h7,9-12,14,16H,4-6,8,13H2,1-3H3;2-17H2,1H3,(H,19,20). The summed E-state index contributed by atoms with van der Waals surface area (Å²) < 4.78 is 10.7. The van der Waals surface area contributed by atoms with E-state index in [9.17, 15) is 9.59 Å². The fourth-order valence-electron chi connectivity index (χ4n) is 4.73. The maximum atomic E-state index is 12.2. The first kappa shape index (κ1) is 38.7. The van der Waals surface area contributed by atoms with Crippen LogP contribution in [0.5, 0.6) is 0 Å². The number of carbonyl (C=O) groups is 2. The number of esters is 1. The summed E-state index contributed by atoms with van der Waals surface area (Å²) >= 11 is 0. The maximum absolute atomic E-state index is 12.2. The van der Waals surface area contributed by atoms with Gasteiger partial charge in [0.2, 0.25) is 5.76 Å². The Hall–Kier alpha value is -2.30. The van der Waals surface area contributed by atoms with E-state index in [2.05, 4.69) is 13.8 Å². The van der Waals surface area contributed by atoms with E-state index >= 15 is 0 Å². The Balaban J connectivity index is 0.000000782. The van der Waals surface area contributed by atoms with E-state index in [-0.39, 0.29) is 17.8 Å². The molecule has 0 aliphatic carbocycles. The van der Waals surface area contributed by atoms with Crippen LogP contribution in [0.15, 0.2) is 36.1 Å². The highest BCUT2D eigenvalue weighted by atomic mass is 16.6. The van der Waals surface area contributed by atoms with Gasteiger partial charge in [-0.05, 0) is 37.3 Å². The van der Waals surface area contributed by atoms with Crippen LogP contribution in [0.1, 0.15) is 161 Å². The number of carboxylic acids is 1. The Morgan fingerprint density at radius 2 is 1.17 bits per heavy atom. The molecule has 0 aliphatic rings. The van der Waals surface area contributed by atoms with Crippen LogP contribution in [-0.4, -0.2) is 30.3 Å². The van der Waals surface area contributed by atoms with Crippen LogP contribution >= 0.6 is 0 Å². The number of unbranched alkanes of at least 4 members (excludes halogenated alkanes) is 16. The molecular weight excluding hydrogens is 512 g/mol. The predicted octanol–water partition coefficient (Wildman–Crippen LogP) is 10.9. The smallest absolute Gasteiger partial charge is 0.373 e. The van der Waals surface area contributed by atoms with Crippen molar-refractivity contribution in [2.24, 2.45) is 0 Å². The summed E-state index contributed by atoms with van der Waals surface area (Å²) in [7, 11) is 1.49. The van der Waals surface area contributed by atoms with Gasteiger partial charge >= 0.3 is 11.9 Å². The first-order valence-electron chi connectivity index (χ1n) is 16.7. The summed E-state index contributed by atoms with van der Waals surface area (Å²) in [6, 6.07) is 9.62. The van der Waals surface area contributed by atoms with Crippen molar-refractivity contribution in [3.63, 3.8) is 0 Å². The van der Waals surface area contributed by atoms with Gasteiger partial charge in [-0.2, -0.15) is 0 Å². The zero-order valence-corrected chi connectivity index (χ0v) is 27.0. The quantitative estimate of drug-likeness (QED) is 0.0544. The molecular formula is C36H62O5. The maximum Gasteiger partial charge on any atom is 0.373 e. The number of methoxy groups -OCH3 is 1. The molecule has 5 nitrogen and oxygen atoms in total. The Morgan fingerprint density at radius 3 is 1.61 bits per heavy atom. The summed E-state index contributed by atoms with van der Waals surface area (Å²) in [6.07, 6.45) is 27.1. The molecule has 0 spiro atoms. The van der Waals surface area contributed by atoms with Gasteiger partial charge < -0.3 is 14.6 Å². The van der Waals surface area contributed by atoms with Crippen molar-refractivity contribution in [2.75, 3.05) is 7.11 Å². The molecule has 1 aromatic rings. The zero-order chi connectivity index (χ0) is 30.4. The molecule has 0 bridgehead atoms. The fourth-order valence-corrected chi connectivity index (χ4v) is 4.73. The van der Waals surface area contributed by atoms with Gasteiger partial charge in [0.15, 0.2) is 0 Å². The minimum Gasteiger partial charge on any atom is -0.490 e. The van der Waals surface area contributed by atoms with Gasteiger partial charge in [0, 0.05) is 6.42 Å². The Morgan fingerprint density at radius 1 is 0.707 bits per heavy atom. The van der Waals surface area contributed by atoms with Crippen molar-refractivity contribution in [3.05, 3.63) is 41.7 Å². The SMILES string of the molecule is CCCCCC(CC)OC(=O)C(=Cc1ccccc1)OC.CCCCCCCCCCCCCCCCCC(=O)O. The van der Waals surface area contributed by atoms with Crippen LogP contribution in [0.25, 0.3) is 6.08 Å². The summed E-state index contributed by atoms with van der Waals surface area (Å²) in [6.45, 7) is 6.47. The van der Waals surface area contributed by atoms with Gasteiger partial charge in [-0.1, -0.05) is 154 Å². The van der Waals surface area contributed by atoms with E-state index in [1.807, 2.05) is 37.3 Å². The van der Waals surface area contributed by atoms with Crippen LogP contribution in [0.4, 0.5) is 0 Å². The highest BCUT2D eigenvalue weighted by molar-refractivity contribution is 5.91. The zero-order valence-electron chi connectivity index (χ0n) is 27.0. The number of carbonyl (C=O) groups excluding carboxylic acids is 1. The highest BCUT2D eigenvalue weighted by Crippen LogP contribution is 2.15. The van der Waals surface area contributed by atoms with Crippen LogP contribution in [0.2, 0.25) is 0 Å². The summed E-state index contributed by atoms with van der Waals surface area (Å²) in [5.74, 6) is -0.792. The molecule has 0 radical (unpaired) electrons. The summed E-state index contributed by atoms with van der Waals surface area (Å²) in [5, 5.41) is 8.52. The Labute approximate surface area is 252 Å². The van der Waals surface area contributed by atoms with E-state index in [1.165, 1.54) is 103 Å². The van der Waals surface area contributed by atoms with Crippen molar-refractivity contribution < 1.29 is 24.2 Å². The third kappa shape index (κ3) is 25.2. The van der Waals surface area contributed by atoms with Crippen molar-refractivity contribution in [1.82, 2.24) is 0 Å². The second kappa shape index (κ2) is 29.2. The minimum absolute atomic E-state index is 0.0293. The van der Waals surface area contributed by atoms with Crippen molar-refractivity contribution in [2.45, 2.75) is 162 Å². The van der Waals surface area contributed by atoms with E-state index in [4.69, 9.17) is 14.6 Å². The Kier molecular flexibility index (Phi) is 27.6. The number of hydrogen-bond donors (Lipinski definition) is 1. The average Bonchev–Trinajstić information content (AvgIpc) is 2.98. The average molecular weight is 575 g/mol. The summed E-state index contributed by atoms with van der Waals surface area (Å²) in [4.78, 5) is 22.5. The molecule has 1 atom stereocenters. The van der Waals surface area contributed by atoms with Crippen molar-refractivity contribution in [1.29, 1.82) is 0 Å². The first-order chi connectivity index (χ1) is 20.0. The normalized spacial score (nSPS) is 11.9. The van der Waals surface area contributed by atoms with E-state index in [0.29, 0.717) is 6.42 Å². The van der Waals surface area contributed by atoms with E-state index in [1.54, 1.807) is 6.08 Å². The predicted molar refractivity (Wildman–Crippen MR) is 173 cm³/mol. The molecule has 1 unspecified atom stereocenters. The molecule has 0 amide bonds. The number of aliphatic carboxylic acids is 1. The van der Waals surface area contributed by atoms with Gasteiger partial charge in [-0.25, -0.2) is 4.79 Å². The monoisotopic (exact) mass is 574 g/mol. The number of rotatable bonds is 25.